The lowest BCUT2D eigenvalue weighted by Crippen LogP contribution is -1.75. The van der Waals surface area contributed by atoms with Crippen LogP contribution in [0.4, 0.5) is 4.39 Å². The van der Waals surface area contributed by atoms with Gasteiger partial charge < -0.3 is 0 Å². The van der Waals surface area contributed by atoms with Crippen molar-refractivity contribution in [3.63, 3.8) is 0 Å². The van der Waals surface area contributed by atoms with E-state index >= 15 is 0 Å². The van der Waals surface area contributed by atoms with Crippen molar-refractivity contribution in [2.45, 2.75) is 0 Å². The molecule has 59 valence electrons. The first-order valence-electron chi connectivity index (χ1n) is 3.44. The molecule has 12 heavy (non-hydrogen) atoms. The third kappa shape index (κ3) is 1.36. The molecule has 1 nitrogen and oxygen atoms in total. The zero-order valence-corrected chi connectivity index (χ0v) is 6.94. The topological polar surface area (TPSA) is 12.9 Å². The van der Waals surface area contributed by atoms with E-state index in [0.29, 0.717) is 5.01 Å². The quantitative estimate of drug-likeness (QED) is 0.654. The molecule has 0 spiro atoms. The van der Waals surface area contributed by atoms with E-state index in [1.807, 2.05) is 12.1 Å². The van der Waals surface area contributed by atoms with Crippen LogP contribution in [0.15, 0.2) is 29.6 Å². The molecule has 0 aliphatic heterocycles. The molecule has 1 aromatic heterocycles. The zero-order valence-electron chi connectivity index (χ0n) is 6.12. The monoisotopic (exact) mass is 178 g/mol. The maximum atomic E-state index is 12.5. The molecule has 0 aliphatic carbocycles. The Bertz CT molecular complexity index is 369. The van der Waals surface area contributed by atoms with E-state index in [1.165, 1.54) is 16.7 Å². The predicted octanol–water partition coefficient (Wildman–Crippen LogP) is 2.75. The number of nitrogens with zero attached hydrogens (tertiary/aromatic N) is 1. The van der Waals surface area contributed by atoms with Gasteiger partial charge in [0.2, 0.25) is 5.95 Å². The second-order valence-corrected chi connectivity index (χ2v) is 3.12. The summed E-state index contributed by atoms with van der Waals surface area (Å²) in [4.78, 5) is 3.72. The molecular weight excluding hydrogens is 173 g/mol. The molecule has 0 aliphatic rings. The molecule has 0 bridgehead atoms. The first-order valence-corrected chi connectivity index (χ1v) is 4.32. The zero-order chi connectivity index (χ0) is 8.39. The highest BCUT2D eigenvalue weighted by molar-refractivity contribution is 7.13. The van der Waals surface area contributed by atoms with Crippen LogP contribution in [-0.4, -0.2) is 4.98 Å². The summed E-state index contributed by atoms with van der Waals surface area (Å²) in [5.74, 6) is -0.414. The SMILES string of the molecule is Fc1csc(-c2cc[c]cc2)n1. The minimum atomic E-state index is -0.414. The molecule has 0 unspecified atom stereocenters. The average Bonchev–Trinajstić information content (AvgIpc) is 2.54. The van der Waals surface area contributed by atoms with Crippen LogP contribution in [-0.2, 0) is 0 Å². The standard InChI is InChI=1S/C9H5FNS/c10-8-6-12-9(11-8)7-4-2-1-3-5-7/h2-6H. The summed E-state index contributed by atoms with van der Waals surface area (Å²) in [7, 11) is 0. The fourth-order valence-corrected chi connectivity index (χ4v) is 1.59. The summed E-state index contributed by atoms with van der Waals surface area (Å²) in [6.45, 7) is 0. The number of thiazole rings is 1. The number of hydrogen-bond acceptors (Lipinski definition) is 2. The van der Waals surface area contributed by atoms with Crippen molar-refractivity contribution in [3.05, 3.63) is 41.7 Å². The molecule has 0 atom stereocenters. The van der Waals surface area contributed by atoms with Crippen molar-refractivity contribution in [2.75, 3.05) is 0 Å². The van der Waals surface area contributed by atoms with E-state index in [9.17, 15) is 4.39 Å². The van der Waals surface area contributed by atoms with Gasteiger partial charge in [0.05, 0.1) is 0 Å². The molecule has 0 N–H and O–H groups in total. The number of aromatic nitrogens is 1. The molecule has 0 saturated carbocycles. The van der Waals surface area contributed by atoms with Crippen molar-refractivity contribution in [1.82, 2.24) is 4.98 Å². The van der Waals surface area contributed by atoms with Crippen molar-refractivity contribution >= 4 is 11.3 Å². The third-order valence-electron chi connectivity index (χ3n) is 1.44. The molecule has 1 radical (unpaired) electrons. The van der Waals surface area contributed by atoms with E-state index in [4.69, 9.17) is 0 Å². The summed E-state index contributed by atoms with van der Waals surface area (Å²) in [6.07, 6.45) is 0. The molecule has 1 heterocycles. The smallest absolute Gasteiger partial charge is 0.208 e. The number of benzene rings is 1. The lowest BCUT2D eigenvalue weighted by Gasteiger charge is -1.91. The predicted molar refractivity (Wildman–Crippen MR) is 46.3 cm³/mol. The molecule has 0 saturated heterocycles. The van der Waals surface area contributed by atoms with E-state index in [2.05, 4.69) is 11.1 Å². The van der Waals surface area contributed by atoms with Gasteiger partial charge in [0.15, 0.2) is 0 Å². The van der Waals surface area contributed by atoms with Crippen LogP contribution < -0.4 is 0 Å². The lowest BCUT2D eigenvalue weighted by atomic mass is 10.2. The van der Waals surface area contributed by atoms with E-state index in [-0.39, 0.29) is 0 Å². The van der Waals surface area contributed by atoms with E-state index < -0.39 is 5.95 Å². The fraction of sp³-hybridized carbons (Fsp3) is 0. The minimum absolute atomic E-state index is 0.414. The van der Waals surface area contributed by atoms with E-state index in [0.717, 1.165) is 5.56 Å². The van der Waals surface area contributed by atoms with Gasteiger partial charge >= 0.3 is 0 Å². The molecule has 2 rings (SSSR count). The molecule has 3 heteroatoms. The molecule has 0 fully saturated rings. The fourth-order valence-electron chi connectivity index (χ4n) is 0.916. The van der Waals surface area contributed by atoms with Crippen molar-refractivity contribution in [1.29, 1.82) is 0 Å². The number of rotatable bonds is 1. The molecule has 1 aromatic carbocycles. The van der Waals surface area contributed by atoms with Crippen LogP contribution in [0, 0.1) is 12.0 Å². The van der Waals surface area contributed by atoms with Gasteiger partial charge in [-0.1, -0.05) is 24.3 Å². The first kappa shape index (κ1) is 7.43. The Hall–Kier alpha value is -1.22. The number of hydrogen-bond donors (Lipinski definition) is 0. The van der Waals surface area contributed by atoms with Crippen LogP contribution in [0.5, 0.6) is 0 Å². The molecular formula is C9H5FNS. The van der Waals surface area contributed by atoms with Gasteiger partial charge in [-0.3, -0.25) is 0 Å². The summed E-state index contributed by atoms with van der Waals surface area (Å²) >= 11 is 1.30. The largest absolute Gasteiger partial charge is 0.224 e. The van der Waals surface area contributed by atoms with Gasteiger partial charge in [-0.25, -0.2) is 4.98 Å². The summed E-state index contributed by atoms with van der Waals surface area (Å²) in [5.41, 5.74) is 0.933. The van der Waals surface area contributed by atoms with Gasteiger partial charge in [0, 0.05) is 10.9 Å². The first-order chi connectivity index (χ1) is 5.86. The van der Waals surface area contributed by atoms with Crippen LogP contribution in [0.1, 0.15) is 0 Å². The van der Waals surface area contributed by atoms with Crippen molar-refractivity contribution in [3.8, 4) is 10.6 Å². The normalized spacial score (nSPS) is 10.1. The average molecular weight is 178 g/mol. The third-order valence-corrected chi connectivity index (χ3v) is 2.30. The van der Waals surface area contributed by atoms with Crippen LogP contribution in [0.25, 0.3) is 10.6 Å². The van der Waals surface area contributed by atoms with Gasteiger partial charge in [-0.2, -0.15) is 4.39 Å². The van der Waals surface area contributed by atoms with Gasteiger partial charge in [0.25, 0.3) is 0 Å². The summed E-state index contributed by atoms with van der Waals surface area (Å²) in [5, 5.41) is 2.10. The molecule has 2 aromatic rings. The highest BCUT2D eigenvalue weighted by Gasteiger charge is 2.01. The maximum Gasteiger partial charge on any atom is 0.224 e. The lowest BCUT2D eigenvalue weighted by molar-refractivity contribution is 0.593. The summed E-state index contributed by atoms with van der Waals surface area (Å²) < 4.78 is 12.5. The minimum Gasteiger partial charge on any atom is -0.208 e. The molecule has 0 amide bonds. The van der Waals surface area contributed by atoms with Gasteiger partial charge in [-0.05, 0) is 6.07 Å². The van der Waals surface area contributed by atoms with Crippen LogP contribution in [0.2, 0.25) is 0 Å². The Balaban J connectivity index is 2.45. The van der Waals surface area contributed by atoms with E-state index in [1.54, 1.807) is 12.1 Å². The van der Waals surface area contributed by atoms with Crippen molar-refractivity contribution in [2.24, 2.45) is 0 Å². The number of halogens is 1. The Morgan fingerprint density at radius 1 is 1.33 bits per heavy atom. The highest BCUT2D eigenvalue weighted by Crippen LogP contribution is 2.21. The Labute approximate surface area is 73.5 Å². The Morgan fingerprint density at radius 3 is 2.67 bits per heavy atom. The van der Waals surface area contributed by atoms with Crippen LogP contribution >= 0.6 is 11.3 Å². The maximum absolute atomic E-state index is 12.5. The van der Waals surface area contributed by atoms with Crippen LogP contribution in [0.3, 0.4) is 0 Å². The Kier molecular flexibility index (Phi) is 1.87. The second-order valence-electron chi connectivity index (χ2n) is 2.26. The highest BCUT2D eigenvalue weighted by atomic mass is 32.1. The van der Waals surface area contributed by atoms with Gasteiger partial charge in [-0.15, -0.1) is 11.3 Å². The Morgan fingerprint density at radius 2 is 2.08 bits per heavy atom. The van der Waals surface area contributed by atoms with Crippen molar-refractivity contribution < 1.29 is 4.39 Å². The second kappa shape index (κ2) is 3.03. The van der Waals surface area contributed by atoms with Gasteiger partial charge in [0.1, 0.15) is 5.01 Å². The summed E-state index contributed by atoms with van der Waals surface area (Å²) in [6, 6.07) is 10.2.